The largest absolute Gasteiger partial charge is 0.463 e. The zero-order valence-electron chi connectivity index (χ0n) is 13.4. The van der Waals surface area contributed by atoms with E-state index >= 15 is 0 Å². The Hall–Kier alpha value is -2.16. The summed E-state index contributed by atoms with van der Waals surface area (Å²) in [7, 11) is 0. The Balaban J connectivity index is 2.98. The van der Waals surface area contributed by atoms with Gasteiger partial charge in [0.2, 0.25) is 5.91 Å². The van der Waals surface area contributed by atoms with Crippen molar-refractivity contribution in [2.75, 3.05) is 6.61 Å². The summed E-state index contributed by atoms with van der Waals surface area (Å²) in [5, 5.41) is 2.53. The third-order valence-corrected chi connectivity index (χ3v) is 2.87. The van der Waals surface area contributed by atoms with E-state index in [0.29, 0.717) is 0 Å². The zero-order valence-corrected chi connectivity index (χ0v) is 13.4. The van der Waals surface area contributed by atoms with E-state index in [1.54, 1.807) is 0 Å². The van der Waals surface area contributed by atoms with Gasteiger partial charge in [0, 0.05) is 27.7 Å². The van der Waals surface area contributed by atoms with Gasteiger partial charge in [-0.2, -0.15) is 0 Å². The highest BCUT2D eigenvalue weighted by molar-refractivity contribution is 5.74. The molecule has 9 heteroatoms. The molecule has 0 saturated carbocycles. The van der Waals surface area contributed by atoms with Gasteiger partial charge in [-0.15, -0.1) is 0 Å². The standard InChI is InChI=1S/C14H20NO8/c1-7(16)15-11-5-21-12(6-20-8(2)17)14(23-10(4)19)13(11)22-9(3)18/h5,11-14H,6H2,1-4H3,(H,15,16)/t11-,12-,13-,14-/m1/s1. The van der Waals surface area contributed by atoms with Crippen molar-refractivity contribution in [3.8, 4) is 0 Å². The van der Waals surface area contributed by atoms with Crippen LogP contribution in [-0.4, -0.2) is 54.8 Å². The number of nitrogens with one attached hydrogen (secondary N) is 1. The summed E-state index contributed by atoms with van der Waals surface area (Å²) >= 11 is 0. The van der Waals surface area contributed by atoms with Crippen molar-refractivity contribution in [2.45, 2.75) is 52.0 Å². The van der Waals surface area contributed by atoms with Crippen molar-refractivity contribution in [1.29, 1.82) is 0 Å². The van der Waals surface area contributed by atoms with Crippen LogP contribution >= 0.6 is 0 Å². The Labute approximate surface area is 133 Å². The molecule has 1 N–H and O–H groups in total. The van der Waals surface area contributed by atoms with Crippen LogP contribution in [0.25, 0.3) is 0 Å². The first-order valence-corrected chi connectivity index (χ1v) is 6.94. The molecule has 1 rings (SSSR count). The van der Waals surface area contributed by atoms with Gasteiger partial charge in [0.05, 0.1) is 6.04 Å². The molecule has 1 aliphatic rings. The molecule has 0 aromatic carbocycles. The van der Waals surface area contributed by atoms with Gasteiger partial charge in [0.25, 0.3) is 0 Å². The van der Waals surface area contributed by atoms with Crippen molar-refractivity contribution in [2.24, 2.45) is 0 Å². The average molecular weight is 330 g/mol. The smallest absolute Gasteiger partial charge is 0.303 e. The van der Waals surface area contributed by atoms with Crippen LogP contribution in [0.15, 0.2) is 0 Å². The summed E-state index contributed by atoms with van der Waals surface area (Å²) < 4.78 is 20.6. The molecular formula is C14H20NO8. The van der Waals surface area contributed by atoms with Gasteiger partial charge in [0.1, 0.15) is 19.3 Å². The highest BCUT2D eigenvalue weighted by Crippen LogP contribution is 2.25. The summed E-state index contributed by atoms with van der Waals surface area (Å²) in [6, 6.07) is -0.811. The lowest BCUT2D eigenvalue weighted by Crippen LogP contribution is -2.60. The summed E-state index contributed by atoms with van der Waals surface area (Å²) in [6.45, 7) is 5.92. The van der Waals surface area contributed by atoms with E-state index in [1.807, 2.05) is 0 Å². The van der Waals surface area contributed by atoms with E-state index in [0.717, 1.165) is 0 Å². The van der Waals surface area contributed by atoms with Crippen molar-refractivity contribution in [1.82, 2.24) is 5.32 Å². The molecule has 1 aliphatic heterocycles. The number of amides is 1. The molecule has 1 heterocycles. The third-order valence-electron chi connectivity index (χ3n) is 2.87. The normalized spacial score (nSPS) is 26.8. The maximum atomic E-state index is 11.3. The fourth-order valence-electron chi connectivity index (χ4n) is 2.11. The van der Waals surface area contributed by atoms with Crippen LogP contribution in [-0.2, 0) is 38.1 Å². The molecule has 0 aromatic heterocycles. The van der Waals surface area contributed by atoms with Gasteiger partial charge in [-0.1, -0.05) is 0 Å². The van der Waals surface area contributed by atoms with E-state index < -0.39 is 42.3 Å². The third kappa shape index (κ3) is 6.23. The SMILES string of the molecule is CC(=O)N[C@@H]1[CH]O[C@H](COC(C)=O)[C@@H](OC(C)=O)[C@@H]1OC(C)=O. The minimum absolute atomic E-state index is 0.200. The minimum Gasteiger partial charge on any atom is -0.463 e. The Bertz CT molecular complexity index is 477. The summed E-state index contributed by atoms with van der Waals surface area (Å²) in [4.78, 5) is 44.9. The number of hydrogen-bond donors (Lipinski definition) is 1. The van der Waals surface area contributed by atoms with Crippen LogP contribution in [0.5, 0.6) is 0 Å². The number of esters is 3. The van der Waals surface area contributed by atoms with Crippen molar-refractivity contribution < 1.29 is 38.1 Å². The topological polar surface area (TPSA) is 117 Å². The van der Waals surface area contributed by atoms with E-state index in [9.17, 15) is 19.2 Å². The minimum atomic E-state index is -1.04. The molecule has 0 aliphatic carbocycles. The van der Waals surface area contributed by atoms with Crippen LogP contribution in [0.4, 0.5) is 0 Å². The van der Waals surface area contributed by atoms with Gasteiger partial charge >= 0.3 is 17.9 Å². The lowest BCUT2D eigenvalue weighted by molar-refractivity contribution is -0.197. The molecule has 4 atom stereocenters. The maximum Gasteiger partial charge on any atom is 0.303 e. The average Bonchev–Trinajstić information content (AvgIpc) is 2.39. The number of ether oxygens (including phenoxy) is 4. The molecule has 0 aromatic rings. The van der Waals surface area contributed by atoms with E-state index in [1.165, 1.54) is 34.3 Å². The van der Waals surface area contributed by atoms with Crippen LogP contribution in [0.2, 0.25) is 0 Å². The van der Waals surface area contributed by atoms with Crippen LogP contribution in [0, 0.1) is 6.61 Å². The molecular weight excluding hydrogens is 310 g/mol. The van der Waals surface area contributed by atoms with Crippen LogP contribution in [0.1, 0.15) is 27.7 Å². The molecule has 1 saturated heterocycles. The summed E-state index contributed by atoms with van der Waals surface area (Å²) in [6.07, 6.45) is -2.91. The van der Waals surface area contributed by atoms with Gasteiger partial charge in [-0.25, -0.2) is 0 Å². The molecule has 9 nitrogen and oxygen atoms in total. The van der Waals surface area contributed by atoms with Crippen molar-refractivity contribution in [3.05, 3.63) is 6.61 Å². The summed E-state index contributed by atoms with van der Waals surface area (Å²) in [5.74, 6) is -2.17. The van der Waals surface area contributed by atoms with Crippen molar-refractivity contribution >= 4 is 23.8 Å². The lowest BCUT2D eigenvalue weighted by atomic mass is 9.97. The van der Waals surface area contributed by atoms with Crippen LogP contribution < -0.4 is 5.32 Å². The van der Waals surface area contributed by atoms with Gasteiger partial charge < -0.3 is 24.3 Å². The second kappa shape index (κ2) is 8.47. The number of rotatable bonds is 5. The number of hydrogen-bond acceptors (Lipinski definition) is 8. The molecule has 1 radical (unpaired) electrons. The molecule has 129 valence electrons. The second-order valence-electron chi connectivity index (χ2n) is 4.99. The quantitative estimate of drug-likeness (QED) is 0.528. The van der Waals surface area contributed by atoms with E-state index in [2.05, 4.69) is 5.32 Å². The second-order valence-corrected chi connectivity index (χ2v) is 4.99. The van der Waals surface area contributed by atoms with Crippen molar-refractivity contribution in [3.63, 3.8) is 0 Å². The molecule has 0 spiro atoms. The Morgan fingerprint density at radius 1 is 0.957 bits per heavy atom. The maximum absolute atomic E-state index is 11.3. The van der Waals surface area contributed by atoms with Gasteiger partial charge in [0.15, 0.2) is 12.2 Å². The van der Waals surface area contributed by atoms with Crippen LogP contribution in [0.3, 0.4) is 0 Å². The highest BCUT2D eigenvalue weighted by atomic mass is 16.6. The monoisotopic (exact) mass is 330 g/mol. The predicted octanol–water partition coefficient (Wildman–Crippen LogP) is -0.522. The Morgan fingerprint density at radius 3 is 2.00 bits per heavy atom. The predicted molar refractivity (Wildman–Crippen MR) is 74.5 cm³/mol. The molecule has 1 fully saturated rings. The van der Waals surface area contributed by atoms with E-state index in [4.69, 9.17) is 18.9 Å². The number of carbonyl (C=O) groups is 4. The molecule has 0 bridgehead atoms. The van der Waals surface area contributed by atoms with Gasteiger partial charge in [-0.05, 0) is 0 Å². The fourth-order valence-corrected chi connectivity index (χ4v) is 2.11. The lowest BCUT2D eigenvalue weighted by Gasteiger charge is -2.40. The van der Waals surface area contributed by atoms with E-state index in [-0.39, 0.29) is 12.5 Å². The number of carbonyl (C=O) groups excluding carboxylic acids is 4. The first-order valence-electron chi connectivity index (χ1n) is 6.94. The summed E-state index contributed by atoms with van der Waals surface area (Å²) in [5.41, 5.74) is 0. The zero-order chi connectivity index (χ0) is 17.6. The Kier molecular flexibility index (Phi) is 6.95. The first-order chi connectivity index (χ1) is 10.7. The fraction of sp³-hybridized carbons (Fsp3) is 0.643. The Morgan fingerprint density at radius 2 is 1.52 bits per heavy atom. The highest BCUT2D eigenvalue weighted by Gasteiger charge is 2.46. The molecule has 0 unspecified atom stereocenters. The first kappa shape index (κ1) is 18.9. The molecule has 23 heavy (non-hydrogen) atoms. The molecule has 1 amide bonds. The van der Waals surface area contributed by atoms with Gasteiger partial charge in [-0.3, -0.25) is 19.2 Å².